The summed E-state index contributed by atoms with van der Waals surface area (Å²) in [4.78, 5) is 0. The minimum absolute atomic E-state index is 0. The van der Waals surface area contributed by atoms with Gasteiger partial charge in [0.2, 0.25) is 0 Å². The SMILES string of the molecule is [K+].[N-]=PI. The van der Waals surface area contributed by atoms with Crippen molar-refractivity contribution in [2.45, 2.75) is 0 Å². The topological polar surface area (TPSA) is 22.3 Å². The second-order valence-electron chi connectivity index (χ2n) is 0.0756. The van der Waals surface area contributed by atoms with Gasteiger partial charge in [-0.2, -0.15) is 6.02 Å². The third-order valence-electron chi connectivity index (χ3n) is 0. The van der Waals surface area contributed by atoms with E-state index < -0.39 is 0 Å². The summed E-state index contributed by atoms with van der Waals surface area (Å²) in [5.41, 5.74) is 0. The molecule has 1 nitrogen and oxygen atoms in total. The summed E-state index contributed by atoms with van der Waals surface area (Å²) in [6.45, 7) is 0. The van der Waals surface area contributed by atoms with E-state index in [0.717, 1.165) is 0 Å². The Labute approximate surface area is 82.5 Å². The molecule has 0 N–H and O–H groups in total. The van der Waals surface area contributed by atoms with Crippen LogP contribution in [0.5, 0.6) is 0 Å². The molecular weight excluding hydrogens is 211 g/mol. The molecule has 0 atom stereocenters. The van der Waals surface area contributed by atoms with Gasteiger partial charge in [-0.1, -0.05) is 0 Å². The van der Waals surface area contributed by atoms with Crippen molar-refractivity contribution in [3.8, 4) is 0 Å². The van der Waals surface area contributed by atoms with Crippen LogP contribution in [0.3, 0.4) is 0 Å². The van der Waals surface area contributed by atoms with Crippen molar-refractivity contribution in [3.05, 3.63) is 5.16 Å². The normalized spacial score (nSPS) is 5.25. The molecule has 0 aliphatic heterocycles. The number of nitrogens with zero attached hydrogens (tertiary/aromatic N) is 1. The van der Waals surface area contributed by atoms with Crippen LogP contribution >= 0.6 is 28.1 Å². The molecular formula is IKNP. The Morgan fingerprint density at radius 3 is 1.75 bits per heavy atom. The van der Waals surface area contributed by atoms with Crippen molar-refractivity contribution in [2.24, 2.45) is 0 Å². The Bertz CT molecular complexity index is 15.5. The molecule has 0 aliphatic carbocycles. The third-order valence-corrected chi connectivity index (χ3v) is 0. The van der Waals surface area contributed by atoms with Crippen molar-refractivity contribution >= 4 is 28.1 Å². The Balaban J connectivity index is 0. The van der Waals surface area contributed by atoms with Crippen molar-refractivity contribution in [3.63, 3.8) is 0 Å². The van der Waals surface area contributed by atoms with Gasteiger partial charge in [-0.15, -0.1) is 0 Å². The van der Waals surface area contributed by atoms with Gasteiger partial charge < -0.3 is 5.16 Å². The zero-order chi connectivity index (χ0) is 2.71. The van der Waals surface area contributed by atoms with Gasteiger partial charge in [0.05, 0.1) is 0 Å². The molecule has 0 amide bonds. The van der Waals surface area contributed by atoms with Crippen molar-refractivity contribution < 1.29 is 51.4 Å². The van der Waals surface area contributed by atoms with E-state index in [1.54, 1.807) is 0 Å². The summed E-state index contributed by atoms with van der Waals surface area (Å²) >= 11 is 1.82. The van der Waals surface area contributed by atoms with Crippen LogP contribution in [-0.4, -0.2) is 0 Å². The summed E-state index contributed by atoms with van der Waals surface area (Å²) in [7, 11) is 0. The quantitative estimate of drug-likeness (QED) is 0.280. The predicted molar refractivity (Wildman–Crippen MR) is 24.3 cm³/mol. The first-order valence-electron chi connectivity index (χ1n) is 0.369. The summed E-state index contributed by atoms with van der Waals surface area (Å²) in [6, 6.07) is 0.387. The molecule has 4 heavy (non-hydrogen) atoms. The molecule has 0 aromatic rings. The van der Waals surface area contributed by atoms with Crippen LogP contribution in [0.1, 0.15) is 0 Å². The Kier molecular flexibility index (Phi) is 22.0. The van der Waals surface area contributed by atoms with Crippen LogP contribution in [0.15, 0.2) is 0 Å². The Morgan fingerprint density at radius 2 is 1.75 bits per heavy atom. The van der Waals surface area contributed by atoms with Crippen LogP contribution < -0.4 is 51.4 Å². The fourth-order valence-electron chi connectivity index (χ4n) is 0. The van der Waals surface area contributed by atoms with E-state index in [2.05, 4.69) is 0 Å². The largest absolute Gasteiger partial charge is 1.00 e. The van der Waals surface area contributed by atoms with Crippen LogP contribution in [0, 0.1) is 0 Å². The molecule has 0 spiro atoms. The molecule has 0 aromatic carbocycles. The average Bonchev–Trinajstić information content (AvgIpc) is 0.918. The standard InChI is InChI=1S/INP.K/c1-3-2;/q-1;+1. The van der Waals surface area contributed by atoms with Gasteiger partial charge in [-0.3, -0.25) is 0 Å². The van der Waals surface area contributed by atoms with Gasteiger partial charge in [0.25, 0.3) is 0 Å². The maximum Gasteiger partial charge on any atom is 1.00 e. The molecule has 0 saturated carbocycles. The molecule has 0 heterocycles. The first kappa shape index (κ1) is 9.69. The van der Waals surface area contributed by atoms with Gasteiger partial charge in [-0.05, 0) is 22.0 Å². The fraction of sp³-hybridized carbons (Fsp3) is 0. The number of hydrogen-bond donors (Lipinski definition) is 0. The first-order chi connectivity index (χ1) is 1.41. The molecule has 18 valence electrons. The zero-order valence-corrected chi connectivity index (χ0v) is 8.45. The van der Waals surface area contributed by atoms with Crippen LogP contribution in [0.4, 0.5) is 0 Å². The summed E-state index contributed by atoms with van der Waals surface area (Å²) in [5, 5.41) is 7.53. The fourth-order valence-corrected chi connectivity index (χ4v) is 0. The molecule has 0 unspecified atom stereocenters. The maximum absolute atomic E-state index is 7.53. The minimum atomic E-state index is 0. The molecule has 0 radical (unpaired) electrons. The molecule has 0 aliphatic rings. The van der Waals surface area contributed by atoms with E-state index in [4.69, 9.17) is 5.16 Å². The van der Waals surface area contributed by atoms with Gasteiger partial charge in [0.1, 0.15) is 0 Å². The number of rotatable bonds is 0. The molecule has 0 rings (SSSR count). The zero-order valence-electron chi connectivity index (χ0n) is 2.27. The van der Waals surface area contributed by atoms with Crippen molar-refractivity contribution in [1.82, 2.24) is 0 Å². The molecule has 0 bridgehead atoms. The molecule has 4 heteroatoms. The van der Waals surface area contributed by atoms with Gasteiger partial charge >= 0.3 is 51.4 Å². The number of hydrogen-bond acceptors (Lipinski definition) is 0. The van der Waals surface area contributed by atoms with E-state index in [9.17, 15) is 0 Å². The molecule has 0 fully saturated rings. The average molecular weight is 211 g/mol. The molecule has 0 saturated heterocycles. The van der Waals surface area contributed by atoms with Crippen LogP contribution in [0.25, 0.3) is 5.16 Å². The maximum atomic E-state index is 7.53. The second kappa shape index (κ2) is 9.08. The van der Waals surface area contributed by atoms with E-state index in [0.29, 0.717) is 6.02 Å². The van der Waals surface area contributed by atoms with Gasteiger partial charge in [0.15, 0.2) is 0 Å². The van der Waals surface area contributed by atoms with Crippen LogP contribution in [-0.2, 0) is 0 Å². The van der Waals surface area contributed by atoms with E-state index in [1.165, 1.54) is 0 Å². The summed E-state index contributed by atoms with van der Waals surface area (Å²) < 4.78 is 0. The van der Waals surface area contributed by atoms with Gasteiger partial charge in [-0.25, -0.2) is 0 Å². The Hall–Kier alpha value is 2.47. The summed E-state index contributed by atoms with van der Waals surface area (Å²) in [5.74, 6) is 0. The van der Waals surface area contributed by atoms with E-state index in [1.807, 2.05) is 22.0 Å². The monoisotopic (exact) mass is 211 g/mol. The first-order valence-corrected chi connectivity index (χ1v) is 4.00. The van der Waals surface area contributed by atoms with E-state index in [-0.39, 0.29) is 51.4 Å². The van der Waals surface area contributed by atoms with E-state index >= 15 is 0 Å². The minimum Gasteiger partial charge on any atom is -0.774 e. The summed E-state index contributed by atoms with van der Waals surface area (Å²) in [6.07, 6.45) is 0. The smallest absolute Gasteiger partial charge is 0.774 e. The Morgan fingerprint density at radius 1 is 1.75 bits per heavy atom. The third kappa shape index (κ3) is 8.82. The van der Waals surface area contributed by atoms with Crippen molar-refractivity contribution in [2.75, 3.05) is 0 Å². The van der Waals surface area contributed by atoms with Crippen molar-refractivity contribution in [1.29, 1.82) is 0 Å². The second-order valence-corrected chi connectivity index (χ2v) is 1.52. The van der Waals surface area contributed by atoms with Crippen LogP contribution in [0.2, 0.25) is 0 Å². The van der Waals surface area contributed by atoms with Gasteiger partial charge in [0, 0.05) is 0 Å². The molecule has 0 aromatic heterocycles. The number of halogens is 1. The predicted octanol–water partition coefficient (Wildman–Crippen LogP) is -0.960.